The van der Waals surface area contributed by atoms with Gasteiger partial charge in [0.15, 0.2) is 6.61 Å². The minimum absolute atomic E-state index is 0.112. The van der Waals surface area contributed by atoms with Crippen molar-refractivity contribution < 1.29 is 17.9 Å². The molecule has 0 atom stereocenters. The molecule has 1 amide bonds. The molecule has 0 fully saturated rings. The number of ether oxygens (including phenoxy) is 1. The Bertz CT molecular complexity index is 1460. The highest BCUT2D eigenvalue weighted by Crippen LogP contribution is 2.25. The molecule has 0 aliphatic heterocycles. The minimum Gasteiger partial charge on any atom is -0.483 e. The molecule has 180 valence electrons. The summed E-state index contributed by atoms with van der Waals surface area (Å²) < 4.78 is 33.7. The number of aromatic nitrogens is 1. The number of rotatable bonds is 8. The lowest BCUT2D eigenvalue weighted by Gasteiger charge is -2.13. The molecule has 0 spiro atoms. The van der Waals surface area contributed by atoms with Crippen LogP contribution in [0.4, 0.5) is 11.4 Å². The fourth-order valence-corrected chi connectivity index (χ4v) is 5.14. The van der Waals surface area contributed by atoms with E-state index in [2.05, 4.69) is 15.0 Å². The summed E-state index contributed by atoms with van der Waals surface area (Å²) in [5.74, 6) is 0.106. The maximum atomic E-state index is 12.7. The molecule has 9 heteroatoms. The fraction of sp³-hybridized carbons (Fsp3) is 0.154. The lowest BCUT2D eigenvalue weighted by Crippen LogP contribution is -2.20. The number of amides is 1. The summed E-state index contributed by atoms with van der Waals surface area (Å²) in [6.45, 7) is 5.40. The SMILES string of the molecule is Cc1ccc(NS(=O)(=O)c2ccc(OCC(=O)Nc3cccc(-c4csc(C)n4)c3)c(C)c2)cc1. The number of aryl methyl sites for hydroxylation is 3. The van der Waals surface area contributed by atoms with Crippen LogP contribution in [0.15, 0.2) is 77.0 Å². The van der Waals surface area contributed by atoms with Crippen molar-refractivity contribution in [2.24, 2.45) is 0 Å². The number of hydrogen-bond acceptors (Lipinski definition) is 6. The highest BCUT2D eigenvalue weighted by molar-refractivity contribution is 7.92. The molecule has 0 saturated heterocycles. The second kappa shape index (κ2) is 10.3. The van der Waals surface area contributed by atoms with E-state index in [1.165, 1.54) is 12.1 Å². The molecule has 0 aliphatic rings. The van der Waals surface area contributed by atoms with Gasteiger partial charge in [-0.15, -0.1) is 11.3 Å². The maximum absolute atomic E-state index is 12.7. The molecule has 7 nitrogen and oxygen atoms in total. The standard InChI is InChI=1S/C26H25N3O4S2/c1-17-7-9-21(10-8-17)29-35(31,32)23-11-12-25(18(2)13-23)33-15-26(30)28-22-6-4-5-20(14-22)24-16-34-19(3)27-24/h4-14,16,29H,15H2,1-3H3,(H,28,30). The van der Waals surface area contributed by atoms with Crippen LogP contribution in [-0.4, -0.2) is 25.9 Å². The number of hydrogen-bond donors (Lipinski definition) is 2. The van der Waals surface area contributed by atoms with E-state index in [1.54, 1.807) is 42.5 Å². The third-order valence-corrected chi connectivity index (χ3v) is 7.33. The average molecular weight is 508 g/mol. The quantitative estimate of drug-likeness (QED) is 0.326. The van der Waals surface area contributed by atoms with E-state index >= 15 is 0 Å². The Morgan fingerprint density at radius 2 is 1.74 bits per heavy atom. The van der Waals surface area contributed by atoms with Crippen molar-refractivity contribution in [1.29, 1.82) is 0 Å². The molecular formula is C26H25N3O4S2. The summed E-state index contributed by atoms with van der Waals surface area (Å²) in [4.78, 5) is 17.0. The van der Waals surface area contributed by atoms with Gasteiger partial charge in [-0.3, -0.25) is 9.52 Å². The predicted octanol–water partition coefficient (Wildman–Crippen LogP) is 5.55. The first-order chi connectivity index (χ1) is 16.7. The average Bonchev–Trinajstić information content (AvgIpc) is 3.26. The summed E-state index contributed by atoms with van der Waals surface area (Å²) >= 11 is 1.57. The van der Waals surface area contributed by atoms with Crippen LogP contribution < -0.4 is 14.8 Å². The number of nitrogens with zero attached hydrogens (tertiary/aromatic N) is 1. The normalized spacial score (nSPS) is 11.2. The van der Waals surface area contributed by atoms with Crippen LogP contribution in [0.5, 0.6) is 5.75 Å². The smallest absolute Gasteiger partial charge is 0.262 e. The Morgan fingerprint density at radius 1 is 0.971 bits per heavy atom. The number of nitrogens with one attached hydrogen (secondary N) is 2. The number of thiazole rings is 1. The number of benzene rings is 3. The summed E-state index contributed by atoms with van der Waals surface area (Å²) in [6, 6.07) is 19.1. The van der Waals surface area contributed by atoms with Crippen LogP contribution in [0.3, 0.4) is 0 Å². The third kappa shape index (κ3) is 6.26. The number of sulfonamides is 1. The van der Waals surface area contributed by atoms with Gasteiger partial charge in [-0.05, 0) is 68.8 Å². The number of anilines is 2. The predicted molar refractivity (Wildman–Crippen MR) is 140 cm³/mol. The van der Waals surface area contributed by atoms with Gasteiger partial charge in [0, 0.05) is 22.3 Å². The van der Waals surface area contributed by atoms with E-state index in [9.17, 15) is 13.2 Å². The molecule has 2 N–H and O–H groups in total. The molecule has 0 aliphatic carbocycles. The second-order valence-corrected chi connectivity index (χ2v) is 10.8. The van der Waals surface area contributed by atoms with E-state index in [1.807, 2.05) is 49.6 Å². The zero-order valence-corrected chi connectivity index (χ0v) is 21.2. The van der Waals surface area contributed by atoms with Crippen molar-refractivity contribution in [3.63, 3.8) is 0 Å². The van der Waals surface area contributed by atoms with Crippen LogP contribution in [0.2, 0.25) is 0 Å². The van der Waals surface area contributed by atoms with Crippen molar-refractivity contribution in [3.8, 4) is 17.0 Å². The van der Waals surface area contributed by atoms with Gasteiger partial charge in [0.1, 0.15) is 5.75 Å². The van der Waals surface area contributed by atoms with Crippen LogP contribution in [0.25, 0.3) is 11.3 Å². The molecule has 35 heavy (non-hydrogen) atoms. The zero-order chi connectivity index (χ0) is 25.0. The van der Waals surface area contributed by atoms with Crippen LogP contribution in [0, 0.1) is 20.8 Å². The minimum atomic E-state index is -3.75. The molecule has 0 radical (unpaired) electrons. The van der Waals surface area contributed by atoms with Crippen LogP contribution >= 0.6 is 11.3 Å². The topological polar surface area (TPSA) is 97.4 Å². The van der Waals surface area contributed by atoms with Crippen LogP contribution in [0.1, 0.15) is 16.1 Å². The van der Waals surface area contributed by atoms with Gasteiger partial charge < -0.3 is 10.1 Å². The molecule has 0 unspecified atom stereocenters. The highest BCUT2D eigenvalue weighted by Gasteiger charge is 2.16. The Labute approximate surface area is 208 Å². The third-order valence-electron chi connectivity index (χ3n) is 5.18. The van der Waals surface area contributed by atoms with E-state index in [4.69, 9.17) is 4.74 Å². The molecule has 4 aromatic rings. The van der Waals surface area contributed by atoms with Gasteiger partial charge in [0.05, 0.1) is 15.6 Å². The maximum Gasteiger partial charge on any atom is 0.262 e. The second-order valence-electron chi connectivity index (χ2n) is 8.07. The largest absolute Gasteiger partial charge is 0.483 e. The summed E-state index contributed by atoms with van der Waals surface area (Å²) in [5.41, 5.74) is 4.55. The van der Waals surface area contributed by atoms with Gasteiger partial charge in [0.2, 0.25) is 0 Å². The highest BCUT2D eigenvalue weighted by atomic mass is 32.2. The lowest BCUT2D eigenvalue weighted by molar-refractivity contribution is -0.118. The van der Waals surface area contributed by atoms with E-state index < -0.39 is 10.0 Å². The first-order valence-corrected chi connectivity index (χ1v) is 13.2. The Hall–Kier alpha value is -3.69. The van der Waals surface area contributed by atoms with Gasteiger partial charge in [0.25, 0.3) is 15.9 Å². The van der Waals surface area contributed by atoms with Crippen molar-refractivity contribution in [1.82, 2.24) is 4.98 Å². The summed E-state index contributed by atoms with van der Waals surface area (Å²) in [5, 5.41) is 5.77. The summed E-state index contributed by atoms with van der Waals surface area (Å²) in [6.07, 6.45) is 0. The molecule has 1 heterocycles. The number of carbonyl (C=O) groups is 1. The monoisotopic (exact) mass is 507 g/mol. The van der Waals surface area contributed by atoms with Crippen molar-refractivity contribution in [2.45, 2.75) is 25.7 Å². The van der Waals surface area contributed by atoms with Crippen molar-refractivity contribution in [2.75, 3.05) is 16.6 Å². The molecule has 0 saturated carbocycles. The van der Waals surface area contributed by atoms with Crippen LogP contribution in [-0.2, 0) is 14.8 Å². The van der Waals surface area contributed by atoms with Crippen molar-refractivity contribution in [3.05, 3.63) is 88.2 Å². The number of carbonyl (C=O) groups excluding carboxylic acids is 1. The molecular weight excluding hydrogens is 482 g/mol. The van der Waals surface area contributed by atoms with Gasteiger partial charge in [-0.1, -0.05) is 29.8 Å². The van der Waals surface area contributed by atoms with E-state index in [0.29, 0.717) is 22.7 Å². The Balaban J connectivity index is 1.38. The zero-order valence-electron chi connectivity index (χ0n) is 19.5. The fourth-order valence-electron chi connectivity index (χ4n) is 3.38. The van der Waals surface area contributed by atoms with E-state index in [0.717, 1.165) is 21.8 Å². The molecule has 4 rings (SSSR count). The molecule has 1 aromatic heterocycles. The van der Waals surface area contributed by atoms with Gasteiger partial charge in [-0.25, -0.2) is 13.4 Å². The van der Waals surface area contributed by atoms with Crippen molar-refractivity contribution >= 4 is 38.6 Å². The van der Waals surface area contributed by atoms with E-state index in [-0.39, 0.29) is 17.4 Å². The lowest BCUT2D eigenvalue weighted by atomic mass is 10.1. The summed E-state index contributed by atoms with van der Waals surface area (Å²) in [7, 11) is -3.75. The molecule has 0 bridgehead atoms. The Morgan fingerprint density at radius 3 is 2.43 bits per heavy atom. The Kier molecular flexibility index (Phi) is 7.18. The first-order valence-electron chi connectivity index (χ1n) is 10.8. The van der Waals surface area contributed by atoms with Gasteiger partial charge in [-0.2, -0.15) is 0 Å². The first kappa shape index (κ1) is 24.4. The molecule has 3 aromatic carbocycles. The van der Waals surface area contributed by atoms with Gasteiger partial charge >= 0.3 is 0 Å².